The molecule has 2 aliphatic rings. The summed E-state index contributed by atoms with van der Waals surface area (Å²) in [5.41, 5.74) is 3.75. The number of amides is 1. The number of thioether (sulfide) groups is 1. The maximum absolute atomic E-state index is 15.5. The maximum Gasteiger partial charge on any atom is 0.267 e. The maximum atomic E-state index is 15.5. The molecule has 1 saturated heterocycles. The minimum atomic E-state index is -0.369. The number of carbonyl (C=O) groups excluding carboxylic acids is 1. The SMILES string of the molecule is CCN1c2cc(F)c(/C=C3/SC(=Nc4ccc(OC)cc4)N(Cc4ccco4)C3=O)cc2C(C)=CC1(C)C. The van der Waals surface area contributed by atoms with Gasteiger partial charge in [-0.2, -0.15) is 0 Å². The van der Waals surface area contributed by atoms with Crippen LogP contribution in [0.5, 0.6) is 5.75 Å². The lowest BCUT2D eigenvalue weighted by Gasteiger charge is -2.42. The van der Waals surface area contributed by atoms with Crippen molar-refractivity contribution in [2.24, 2.45) is 4.99 Å². The van der Waals surface area contributed by atoms with Crippen molar-refractivity contribution in [3.05, 3.63) is 88.5 Å². The number of halogens is 1. The molecule has 0 atom stereocenters. The number of furan rings is 1. The Morgan fingerprint density at radius 3 is 2.61 bits per heavy atom. The van der Waals surface area contributed by atoms with Crippen molar-refractivity contribution in [1.82, 2.24) is 4.90 Å². The Hall–Kier alpha value is -3.78. The van der Waals surface area contributed by atoms with E-state index in [1.807, 2.05) is 43.3 Å². The molecule has 0 N–H and O–H groups in total. The van der Waals surface area contributed by atoms with Crippen molar-refractivity contribution < 1.29 is 18.3 Å². The highest BCUT2D eigenvalue weighted by atomic mass is 32.2. The minimum absolute atomic E-state index is 0.214. The van der Waals surface area contributed by atoms with Crippen molar-refractivity contribution in [3.8, 4) is 5.75 Å². The molecule has 1 amide bonds. The van der Waals surface area contributed by atoms with E-state index in [4.69, 9.17) is 14.1 Å². The van der Waals surface area contributed by atoms with Gasteiger partial charge in [0.1, 0.15) is 17.3 Å². The molecular formula is C30H30FN3O3S. The molecule has 3 heterocycles. The number of ether oxygens (including phenoxy) is 1. The van der Waals surface area contributed by atoms with Crippen LogP contribution in [0.2, 0.25) is 0 Å². The van der Waals surface area contributed by atoms with E-state index in [0.29, 0.717) is 27.1 Å². The molecule has 1 fully saturated rings. The van der Waals surface area contributed by atoms with Crippen molar-refractivity contribution in [2.45, 2.75) is 39.8 Å². The van der Waals surface area contributed by atoms with Crippen LogP contribution in [0.3, 0.4) is 0 Å². The van der Waals surface area contributed by atoms with Crippen LogP contribution >= 0.6 is 11.8 Å². The molecule has 0 bridgehead atoms. The third-order valence-electron chi connectivity index (χ3n) is 6.78. The highest BCUT2D eigenvalue weighted by molar-refractivity contribution is 8.18. The minimum Gasteiger partial charge on any atom is -0.497 e. The fourth-order valence-corrected chi connectivity index (χ4v) is 5.99. The first-order chi connectivity index (χ1) is 18.2. The lowest BCUT2D eigenvalue weighted by atomic mass is 9.88. The number of rotatable bonds is 6. The molecule has 5 rings (SSSR count). The Kier molecular flexibility index (Phi) is 6.92. The number of benzene rings is 2. The summed E-state index contributed by atoms with van der Waals surface area (Å²) in [4.78, 5) is 22.4. The van der Waals surface area contributed by atoms with Gasteiger partial charge >= 0.3 is 0 Å². The van der Waals surface area contributed by atoms with E-state index in [0.717, 1.165) is 29.1 Å². The fourth-order valence-electron chi connectivity index (χ4n) is 5.00. The summed E-state index contributed by atoms with van der Waals surface area (Å²) in [5, 5.41) is 0.496. The molecule has 38 heavy (non-hydrogen) atoms. The van der Waals surface area contributed by atoms with E-state index in [9.17, 15) is 4.79 Å². The first-order valence-electron chi connectivity index (χ1n) is 12.5. The van der Waals surface area contributed by atoms with Gasteiger partial charge < -0.3 is 14.1 Å². The van der Waals surface area contributed by atoms with E-state index in [1.54, 1.807) is 36.5 Å². The molecule has 0 saturated carbocycles. The quantitative estimate of drug-likeness (QED) is 0.314. The van der Waals surface area contributed by atoms with Gasteiger partial charge in [-0.05, 0) is 99.6 Å². The molecule has 6 nitrogen and oxygen atoms in total. The van der Waals surface area contributed by atoms with Crippen LogP contribution in [0.25, 0.3) is 11.6 Å². The standard InChI is InChI=1S/C30H30FN3O3S/c1-6-34-26-16-25(31)20(14-24(26)19(2)17-30(34,3)4)15-27-28(35)33(18-23-8-7-13-37-23)29(38-27)32-21-9-11-22(36-5)12-10-21/h7-17H,6,18H2,1-5H3/b27-15+,32-29?. The zero-order valence-corrected chi connectivity index (χ0v) is 22.9. The predicted molar refractivity (Wildman–Crippen MR) is 152 cm³/mol. The van der Waals surface area contributed by atoms with Crippen molar-refractivity contribution in [2.75, 3.05) is 18.6 Å². The van der Waals surface area contributed by atoms with Crippen LogP contribution < -0.4 is 9.64 Å². The van der Waals surface area contributed by atoms with E-state index in [-0.39, 0.29) is 23.8 Å². The highest BCUT2D eigenvalue weighted by Crippen LogP contribution is 2.41. The summed E-state index contributed by atoms with van der Waals surface area (Å²) in [6, 6.07) is 14.3. The molecule has 0 spiro atoms. The molecule has 196 valence electrons. The number of nitrogens with zero attached hydrogens (tertiary/aromatic N) is 3. The highest BCUT2D eigenvalue weighted by Gasteiger charge is 2.35. The third kappa shape index (κ3) is 4.88. The summed E-state index contributed by atoms with van der Waals surface area (Å²) in [7, 11) is 1.60. The van der Waals surface area contributed by atoms with Gasteiger partial charge in [0.15, 0.2) is 5.17 Å². The fraction of sp³-hybridized carbons (Fsp3) is 0.267. The van der Waals surface area contributed by atoms with Gasteiger partial charge in [-0.1, -0.05) is 6.08 Å². The Morgan fingerprint density at radius 2 is 1.95 bits per heavy atom. The molecule has 1 aromatic heterocycles. The van der Waals surface area contributed by atoms with Gasteiger partial charge in [0, 0.05) is 23.4 Å². The van der Waals surface area contributed by atoms with Crippen LogP contribution in [0.15, 0.2) is 75.2 Å². The third-order valence-corrected chi connectivity index (χ3v) is 7.78. The number of likely N-dealkylation sites (N-methyl/N-ethyl adjacent to an activating group) is 1. The number of hydrogen-bond donors (Lipinski definition) is 0. The molecule has 2 aliphatic heterocycles. The number of fused-ring (bicyclic) bond motifs is 1. The van der Waals surface area contributed by atoms with Crippen LogP contribution in [-0.4, -0.2) is 35.2 Å². The summed E-state index contributed by atoms with van der Waals surface area (Å²) < 4.78 is 26.2. The molecule has 0 aliphatic carbocycles. The average molecular weight is 532 g/mol. The van der Waals surface area contributed by atoms with Gasteiger partial charge in [0.25, 0.3) is 5.91 Å². The van der Waals surface area contributed by atoms with Crippen molar-refractivity contribution >= 4 is 45.9 Å². The lowest BCUT2D eigenvalue weighted by Crippen LogP contribution is -2.45. The van der Waals surface area contributed by atoms with Gasteiger partial charge in [0.05, 0.1) is 36.0 Å². The van der Waals surface area contributed by atoms with E-state index >= 15 is 4.39 Å². The van der Waals surface area contributed by atoms with Crippen LogP contribution in [0.4, 0.5) is 15.8 Å². The summed E-state index contributed by atoms with van der Waals surface area (Å²) in [6.45, 7) is 9.34. The largest absolute Gasteiger partial charge is 0.497 e. The second-order valence-electron chi connectivity index (χ2n) is 9.79. The molecule has 3 aromatic rings. The monoisotopic (exact) mass is 531 g/mol. The van der Waals surface area contributed by atoms with Crippen molar-refractivity contribution in [1.29, 1.82) is 0 Å². The second-order valence-corrected chi connectivity index (χ2v) is 10.8. The number of methoxy groups -OCH3 is 1. The van der Waals surface area contributed by atoms with Crippen LogP contribution in [0.1, 0.15) is 44.6 Å². The number of aliphatic imine (C=N–C) groups is 1. The normalized spacial score (nSPS) is 18.8. The van der Waals surface area contributed by atoms with Gasteiger partial charge in [-0.15, -0.1) is 0 Å². The number of carbonyl (C=O) groups is 1. The smallest absolute Gasteiger partial charge is 0.267 e. The Morgan fingerprint density at radius 1 is 1.18 bits per heavy atom. The number of anilines is 1. The van der Waals surface area contributed by atoms with Crippen molar-refractivity contribution in [3.63, 3.8) is 0 Å². The van der Waals surface area contributed by atoms with Crippen LogP contribution in [0, 0.1) is 5.82 Å². The van der Waals surface area contributed by atoms with Gasteiger partial charge in [-0.3, -0.25) is 9.69 Å². The molecule has 8 heteroatoms. The van der Waals surface area contributed by atoms with E-state index in [2.05, 4.69) is 31.7 Å². The summed E-state index contributed by atoms with van der Waals surface area (Å²) in [6.07, 6.45) is 5.39. The Balaban J connectivity index is 1.53. The van der Waals surface area contributed by atoms with Gasteiger partial charge in [0.2, 0.25) is 0 Å². The number of hydrogen-bond acceptors (Lipinski definition) is 6. The Labute approximate surface area is 226 Å². The van der Waals surface area contributed by atoms with E-state index < -0.39 is 0 Å². The first kappa shape index (κ1) is 25.9. The Bertz CT molecular complexity index is 1460. The van der Waals surface area contributed by atoms with E-state index in [1.165, 1.54) is 11.8 Å². The zero-order chi connectivity index (χ0) is 27.0. The first-order valence-corrected chi connectivity index (χ1v) is 13.3. The molecule has 2 aromatic carbocycles. The molecule has 0 unspecified atom stereocenters. The topological polar surface area (TPSA) is 58.3 Å². The molecule has 0 radical (unpaired) electrons. The molecular weight excluding hydrogens is 501 g/mol. The average Bonchev–Trinajstić information content (AvgIpc) is 3.49. The second kappa shape index (κ2) is 10.2. The zero-order valence-electron chi connectivity index (χ0n) is 22.1. The predicted octanol–water partition coefficient (Wildman–Crippen LogP) is 7.25. The number of allylic oxidation sites excluding steroid dienone is 1. The van der Waals surface area contributed by atoms with Crippen LogP contribution in [-0.2, 0) is 11.3 Å². The summed E-state index contributed by atoms with van der Waals surface area (Å²) in [5.74, 6) is 0.728. The number of amidine groups is 1. The van der Waals surface area contributed by atoms with Gasteiger partial charge in [-0.25, -0.2) is 9.38 Å². The lowest BCUT2D eigenvalue weighted by molar-refractivity contribution is -0.122. The summed E-state index contributed by atoms with van der Waals surface area (Å²) >= 11 is 1.22.